The maximum Gasteiger partial charge on any atom is 0.147 e. The molecule has 1 saturated heterocycles. The SMILES string of the molecule is Cc1ccc(CCC(=O)C(C)c2ccc(CCS(C)(=O)=O)cc2)c(N2CCC(C)CC2)n1. The smallest absolute Gasteiger partial charge is 0.147 e. The van der Waals surface area contributed by atoms with Crippen LogP contribution in [-0.2, 0) is 27.5 Å². The Morgan fingerprint density at radius 2 is 1.75 bits per heavy atom. The third-order valence-corrected chi connectivity index (χ3v) is 7.49. The summed E-state index contributed by atoms with van der Waals surface area (Å²) >= 11 is 0. The van der Waals surface area contributed by atoms with Crippen molar-refractivity contribution < 1.29 is 13.2 Å². The molecule has 5 nitrogen and oxygen atoms in total. The van der Waals surface area contributed by atoms with Gasteiger partial charge in [-0.05, 0) is 61.3 Å². The van der Waals surface area contributed by atoms with E-state index in [0.717, 1.165) is 47.2 Å². The predicted octanol–water partition coefficient (Wildman–Crippen LogP) is 4.52. The van der Waals surface area contributed by atoms with E-state index in [1.807, 2.05) is 44.2 Å². The quantitative estimate of drug-likeness (QED) is 0.555. The summed E-state index contributed by atoms with van der Waals surface area (Å²) in [6.07, 6.45) is 5.31. The molecule has 0 amide bonds. The molecule has 1 aromatic heterocycles. The van der Waals surface area contributed by atoms with Crippen molar-refractivity contribution in [2.45, 2.75) is 58.8 Å². The van der Waals surface area contributed by atoms with Crippen LogP contribution in [0.3, 0.4) is 0 Å². The van der Waals surface area contributed by atoms with Crippen LogP contribution < -0.4 is 4.90 Å². The van der Waals surface area contributed by atoms with Crippen LogP contribution in [0.25, 0.3) is 0 Å². The summed E-state index contributed by atoms with van der Waals surface area (Å²) in [5.74, 6) is 1.99. The van der Waals surface area contributed by atoms with Gasteiger partial charge < -0.3 is 4.90 Å². The zero-order chi connectivity index (χ0) is 23.3. The fraction of sp³-hybridized carbons (Fsp3) is 0.538. The van der Waals surface area contributed by atoms with Crippen molar-refractivity contribution in [3.05, 3.63) is 58.8 Å². The van der Waals surface area contributed by atoms with Crippen molar-refractivity contribution in [3.8, 4) is 0 Å². The third-order valence-electron chi connectivity index (χ3n) is 6.54. The first kappa shape index (κ1) is 24.4. The minimum atomic E-state index is -2.98. The van der Waals surface area contributed by atoms with Crippen LogP contribution in [0.5, 0.6) is 0 Å². The highest BCUT2D eigenvalue weighted by atomic mass is 32.2. The van der Waals surface area contributed by atoms with Gasteiger partial charge >= 0.3 is 0 Å². The Bertz CT molecular complexity index is 1020. The van der Waals surface area contributed by atoms with Gasteiger partial charge in [0.05, 0.1) is 5.75 Å². The molecule has 1 fully saturated rings. The molecule has 0 radical (unpaired) electrons. The largest absolute Gasteiger partial charge is 0.356 e. The lowest BCUT2D eigenvalue weighted by Crippen LogP contribution is -2.34. The summed E-state index contributed by atoms with van der Waals surface area (Å²) in [7, 11) is -2.98. The number of rotatable bonds is 9. The van der Waals surface area contributed by atoms with E-state index in [9.17, 15) is 13.2 Å². The molecule has 3 rings (SSSR count). The second-order valence-corrected chi connectivity index (χ2v) is 11.7. The first-order valence-electron chi connectivity index (χ1n) is 11.6. The molecule has 6 heteroatoms. The highest BCUT2D eigenvalue weighted by Crippen LogP contribution is 2.27. The number of nitrogens with zero attached hydrogens (tertiary/aromatic N) is 2. The summed E-state index contributed by atoms with van der Waals surface area (Å²) in [6.45, 7) is 8.34. The van der Waals surface area contributed by atoms with Gasteiger partial charge in [0.2, 0.25) is 0 Å². The lowest BCUT2D eigenvalue weighted by atomic mass is 9.92. The number of benzene rings is 1. The molecule has 0 saturated carbocycles. The van der Waals surface area contributed by atoms with E-state index in [4.69, 9.17) is 4.98 Å². The number of aryl methyl sites for hydroxylation is 3. The lowest BCUT2D eigenvalue weighted by Gasteiger charge is -2.32. The number of carbonyl (C=O) groups is 1. The van der Waals surface area contributed by atoms with Crippen molar-refractivity contribution in [2.75, 3.05) is 30.0 Å². The van der Waals surface area contributed by atoms with Crippen LogP contribution in [0.15, 0.2) is 36.4 Å². The van der Waals surface area contributed by atoms with Crippen molar-refractivity contribution in [3.63, 3.8) is 0 Å². The van der Waals surface area contributed by atoms with Gasteiger partial charge in [0.25, 0.3) is 0 Å². The average Bonchev–Trinajstić information content (AvgIpc) is 2.76. The summed E-state index contributed by atoms with van der Waals surface area (Å²) in [4.78, 5) is 20.1. The molecule has 174 valence electrons. The second-order valence-electron chi connectivity index (χ2n) is 9.41. The van der Waals surface area contributed by atoms with Crippen LogP contribution >= 0.6 is 0 Å². The van der Waals surface area contributed by atoms with Gasteiger partial charge in [-0.25, -0.2) is 13.4 Å². The second kappa shape index (κ2) is 10.6. The number of hydrogen-bond donors (Lipinski definition) is 0. The molecule has 1 unspecified atom stereocenters. The molecule has 1 aliphatic rings. The Kier molecular flexibility index (Phi) is 8.10. The number of hydrogen-bond acceptors (Lipinski definition) is 5. The van der Waals surface area contributed by atoms with Gasteiger partial charge in [0.1, 0.15) is 21.4 Å². The van der Waals surface area contributed by atoms with Crippen molar-refractivity contribution >= 4 is 21.4 Å². The van der Waals surface area contributed by atoms with E-state index in [1.54, 1.807) is 0 Å². The number of sulfone groups is 1. The minimum absolute atomic E-state index is 0.143. The molecule has 0 aliphatic carbocycles. The minimum Gasteiger partial charge on any atom is -0.356 e. The van der Waals surface area contributed by atoms with Gasteiger partial charge in [-0.15, -0.1) is 0 Å². The average molecular weight is 457 g/mol. The normalized spacial score (nSPS) is 16.2. The first-order valence-corrected chi connectivity index (χ1v) is 13.7. The number of Topliss-reactive ketones (excluding diaryl/α,β-unsaturated/α-hetero) is 1. The van der Waals surface area contributed by atoms with Crippen molar-refractivity contribution in [1.82, 2.24) is 4.98 Å². The number of aromatic nitrogens is 1. The number of piperidine rings is 1. The molecule has 0 bridgehead atoms. The summed E-state index contributed by atoms with van der Waals surface area (Å²) in [5.41, 5.74) is 4.12. The Hall–Kier alpha value is -2.21. The van der Waals surface area contributed by atoms with E-state index in [2.05, 4.69) is 17.9 Å². The third kappa shape index (κ3) is 6.89. The highest BCUT2D eigenvalue weighted by molar-refractivity contribution is 7.90. The van der Waals surface area contributed by atoms with E-state index in [1.165, 1.54) is 19.1 Å². The highest BCUT2D eigenvalue weighted by Gasteiger charge is 2.21. The first-order chi connectivity index (χ1) is 15.1. The van der Waals surface area contributed by atoms with E-state index in [-0.39, 0.29) is 17.5 Å². The maximum atomic E-state index is 12.9. The Labute approximate surface area is 193 Å². The molecular weight excluding hydrogens is 420 g/mol. The maximum absolute atomic E-state index is 12.9. The predicted molar refractivity (Wildman–Crippen MR) is 131 cm³/mol. The van der Waals surface area contributed by atoms with Gasteiger partial charge in [0.15, 0.2) is 0 Å². The standard InChI is InChI=1S/C26H36N2O3S/c1-19-13-16-28(17-14-19)26-24(8-5-20(2)27-26)11-12-25(29)21(3)23-9-6-22(7-10-23)15-18-32(4,30)31/h5-10,19,21H,11-18H2,1-4H3. The van der Waals surface area contributed by atoms with Crippen LogP contribution in [0.1, 0.15) is 61.4 Å². The van der Waals surface area contributed by atoms with Crippen LogP contribution in [-0.4, -0.2) is 44.3 Å². The monoisotopic (exact) mass is 456 g/mol. The van der Waals surface area contributed by atoms with E-state index in [0.29, 0.717) is 19.3 Å². The van der Waals surface area contributed by atoms with Crippen molar-refractivity contribution in [1.29, 1.82) is 0 Å². The molecule has 0 N–H and O–H groups in total. The molecule has 1 aromatic carbocycles. The van der Waals surface area contributed by atoms with E-state index < -0.39 is 9.84 Å². The zero-order valence-electron chi connectivity index (χ0n) is 19.8. The molecule has 2 heterocycles. The summed E-state index contributed by atoms with van der Waals surface area (Å²) in [6, 6.07) is 11.9. The summed E-state index contributed by atoms with van der Waals surface area (Å²) < 4.78 is 22.7. The van der Waals surface area contributed by atoms with Crippen LogP contribution in [0, 0.1) is 12.8 Å². The van der Waals surface area contributed by atoms with Gasteiger partial charge in [0, 0.05) is 37.4 Å². The van der Waals surface area contributed by atoms with Gasteiger partial charge in [-0.3, -0.25) is 4.79 Å². The Balaban J connectivity index is 1.62. The number of carbonyl (C=O) groups excluding carboxylic acids is 1. The van der Waals surface area contributed by atoms with Gasteiger partial charge in [-0.2, -0.15) is 0 Å². The molecule has 32 heavy (non-hydrogen) atoms. The van der Waals surface area contributed by atoms with E-state index >= 15 is 0 Å². The molecular formula is C26H36N2O3S. The molecule has 1 atom stereocenters. The topological polar surface area (TPSA) is 67.3 Å². The Morgan fingerprint density at radius 3 is 2.38 bits per heavy atom. The number of pyridine rings is 1. The lowest BCUT2D eigenvalue weighted by molar-refractivity contribution is -0.120. The fourth-order valence-electron chi connectivity index (χ4n) is 4.20. The van der Waals surface area contributed by atoms with Crippen LogP contribution in [0.4, 0.5) is 5.82 Å². The summed E-state index contributed by atoms with van der Waals surface area (Å²) in [5, 5.41) is 0. The fourth-order valence-corrected chi connectivity index (χ4v) is 4.80. The molecule has 2 aromatic rings. The van der Waals surface area contributed by atoms with Gasteiger partial charge in [-0.1, -0.05) is 44.2 Å². The Morgan fingerprint density at radius 1 is 1.09 bits per heavy atom. The zero-order valence-corrected chi connectivity index (χ0v) is 20.6. The number of ketones is 1. The van der Waals surface area contributed by atoms with Crippen LogP contribution in [0.2, 0.25) is 0 Å². The van der Waals surface area contributed by atoms with Crippen molar-refractivity contribution in [2.24, 2.45) is 5.92 Å². The molecule has 0 spiro atoms. The molecule has 1 aliphatic heterocycles. The number of anilines is 1.